The molecule has 92 valence electrons. The average Bonchev–Trinajstić information content (AvgIpc) is 2.13. The van der Waals surface area contributed by atoms with Crippen molar-refractivity contribution in [2.24, 2.45) is 11.5 Å². The summed E-state index contributed by atoms with van der Waals surface area (Å²) in [5.74, 6) is -2.08. The first kappa shape index (κ1) is 14.4. The lowest BCUT2D eigenvalue weighted by molar-refractivity contribution is -0.137. The van der Waals surface area contributed by atoms with E-state index in [0.717, 1.165) is 0 Å². The summed E-state index contributed by atoms with van der Waals surface area (Å²) in [5, 5.41) is 10.9. The Morgan fingerprint density at radius 1 is 1.38 bits per heavy atom. The second-order valence-electron chi connectivity index (χ2n) is 3.62. The van der Waals surface area contributed by atoms with Crippen LogP contribution in [0, 0.1) is 0 Å². The zero-order valence-electron chi connectivity index (χ0n) is 9.10. The Hall–Kier alpha value is -1.63. The molecule has 0 saturated heterocycles. The second kappa shape index (κ2) is 6.78. The molecular weight excluding hydrogens is 214 g/mol. The number of carbonyl (C=O) groups excluding carboxylic acids is 2. The topological polar surface area (TPSA) is 136 Å². The number of rotatable bonds is 7. The first-order valence-electron chi connectivity index (χ1n) is 4.89. The van der Waals surface area contributed by atoms with E-state index >= 15 is 0 Å². The van der Waals surface area contributed by atoms with Crippen LogP contribution in [-0.2, 0) is 14.4 Å². The highest BCUT2D eigenvalue weighted by atomic mass is 16.4. The Morgan fingerprint density at radius 2 is 1.94 bits per heavy atom. The largest absolute Gasteiger partial charge is 0.481 e. The molecule has 0 bridgehead atoms. The van der Waals surface area contributed by atoms with Crippen molar-refractivity contribution in [3.05, 3.63) is 0 Å². The lowest BCUT2D eigenvalue weighted by Gasteiger charge is -2.15. The minimum Gasteiger partial charge on any atom is -0.481 e. The van der Waals surface area contributed by atoms with Gasteiger partial charge in [0.25, 0.3) is 0 Å². The maximum atomic E-state index is 11.3. The van der Waals surface area contributed by atoms with E-state index in [2.05, 4.69) is 5.32 Å². The van der Waals surface area contributed by atoms with Crippen molar-refractivity contribution < 1.29 is 19.5 Å². The third-order valence-electron chi connectivity index (χ3n) is 1.94. The van der Waals surface area contributed by atoms with Crippen LogP contribution in [0.4, 0.5) is 0 Å². The average molecular weight is 231 g/mol. The van der Waals surface area contributed by atoms with Crippen molar-refractivity contribution in [1.29, 1.82) is 0 Å². The molecule has 7 nitrogen and oxygen atoms in total. The number of primary amides is 1. The summed E-state index contributed by atoms with van der Waals surface area (Å²) in [4.78, 5) is 32.1. The minimum atomic E-state index is -0.982. The molecule has 0 aromatic heterocycles. The molecule has 2 amide bonds. The molecule has 0 aromatic rings. The Kier molecular flexibility index (Phi) is 6.09. The van der Waals surface area contributed by atoms with Gasteiger partial charge in [-0.2, -0.15) is 0 Å². The molecule has 0 aromatic carbocycles. The van der Waals surface area contributed by atoms with Crippen LogP contribution in [0.2, 0.25) is 0 Å². The number of nitrogens with two attached hydrogens (primary N) is 2. The number of carbonyl (C=O) groups is 3. The van der Waals surface area contributed by atoms with Crippen LogP contribution in [0.3, 0.4) is 0 Å². The molecule has 0 heterocycles. The monoisotopic (exact) mass is 231 g/mol. The molecular formula is C9H17N3O4. The van der Waals surface area contributed by atoms with Crippen LogP contribution in [0.1, 0.15) is 26.2 Å². The summed E-state index contributed by atoms with van der Waals surface area (Å²) >= 11 is 0. The molecule has 0 aliphatic carbocycles. The van der Waals surface area contributed by atoms with Crippen molar-refractivity contribution in [2.75, 3.05) is 0 Å². The van der Waals surface area contributed by atoms with Crippen LogP contribution in [0.15, 0.2) is 0 Å². The molecule has 7 heteroatoms. The molecule has 0 aliphatic heterocycles. The SMILES string of the molecule is C[C@@H](CCC(=O)O)NC(=O)[C@H](N)CC(N)=O. The summed E-state index contributed by atoms with van der Waals surface area (Å²) < 4.78 is 0. The normalized spacial score (nSPS) is 13.9. The van der Waals surface area contributed by atoms with Gasteiger partial charge in [0.1, 0.15) is 0 Å². The Bertz CT molecular complexity index is 280. The third kappa shape index (κ3) is 6.77. The summed E-state index contributed by atoms with van der Waals surface area (Å²) in [6.07, 6.45) is 0.0500. The van der Waals surface area contributed by atoms with E-state index in [1.807, 2.05) is 0 Å². The van der Waals surface area contributed by atoms with Gasteiger partial charge in [0, 0.05) is 12.5 Å². The van der Waals surface area contributed by atoms with Gasteiger partial charge < -0.3 is 21.9 Å². The molecule has 0 fully saturated rings. The molecule has 16 heavy (non-hydrogen) atoms. The predicted molar refractivity (Wildman–Crippen MR) is 56.3 cm³/mol. The van der Waals surface area contributed by atoms with Crippen molar-refractivity contribution in [3.8, 4) is 0 Å². The van der Waals surface area contributed by atoms with E-state index in [1.54, 1.807) is 6.92 Å². The van der Waals surface area contributed by atoms with Gasteiger partial charge >= 0.3 is 5.97 Å². The van der Waals surface area contributed by atoms with Gasteiger partial charge in [-0.25, -0.2) is 0 Å². The lowest BCUT2D eigenvalue weighted by atomic mass is 10.1. The first-order chi connectivity index (χ1) is 7.32. The van der Waals surface area contributed by atoms with Crippen molar-refractivity contribution in [1.82, 2.24) is 5.32 Å². The number of carboxylic acid groups (broad SMARTS) is 1. The molecule has 2 atom stereocenters. The Balaban J connectivity index is 3.93. The number of carboxylic acids is 1. The van der Waals surface area contributed by atoms with Crippen molar-refractivity contribution in [2.45, 2.75) is 38.3 Å². The maximum Gasteiger partial charge on any atom is 0.303 e. The van der Waals surface area contributed by atoms with Crippen LogP contribution in [0.5, 0.6) is 0 Å². The van der Waals surface area contributed by atoms with Crippen LogP contribution in [-0.4, -0.2) is 35.0 Å². The fourth-order valence-electron chi connectivity index (χ4n) is 1.07. The van der Waals surface area contributed by atoms with E-state index in [0.29, 0.717) is 6.42 Å². The highest BCUT2D eigenvalue weighted by molar-refractivity contribution is 5.87. The van der Waals surface area contributed by atoms with E-state index in [9.17, 15) is 14.4 Å². The number of amides is 2. The highest BCUT2D eigenvalue weighted by Gasteiger charge is 2.17. The summed E-state index contributed by atoms with van der Waals surface area (Å²) in [6, 6.07) is -1.28. The van der Waals surface area contributed by atoms with Crippen LogP contribution < -0.4 is 16.8 Å². The van der Waals surface area contributed by atoms with Crippen molar-refractivity contribution in [3.63, 3.8) is 0 Å². The fraction of sp³-hybridized carbons (Fsp3) is 0.667. The standard InChI is InChI=1S/C9H17N3O4/c1-5(2-3-8(14)15)12-9(16)6(10)4-7(11)13/h5-6H,2-4,10H2,1H3,(H2,11,13)(H,12,16)(H,14,15)/t5-,6+/m0/s1. The van der Waals surface area contributed by atoms with Crippen LogP contribution in [0.25, 0.3) is 0 Å². The molecule has 0 spiro atoms. The van der Waals surface area contributed by atoms with Gasteiger partial charge in [0.15, 0.2) is 0 Å². The zero-order chi connectivity index (χ0) is 12.7. The predicted octanol–water partition coefficient (Wildman–Crippen LogP) is -1.44. The summed E-state index contributed by atoms with van der Waals surface area (Å²) in [5.41, 5.74) is 10.3. The lowest BCUT2D eigenvalue weighted by Crippen LogP contribution is -2.46. The smallest absolute Gasteiger partial charge is 0.303 e. The van der Waals surface area contributed by atoms with Crippen LogP contribution >= 0.6 is 0 Å². The third-order valence-corrected chi connectivity index (χ3v) is 1.94. The van der Waals surface area contributed by atoms with E-state index in [-0.39, 0.29) is 18.9 Å². The molecule has 0 radical (unpaired) electrons. The van der Waals surface area contributed by atoms with Gasteiger partial charge in [0.2, 0.25) is 11.8 Å². The minimum absolute atomic E-state index is 0.0352. The zero-order valence-corrected chi connectivity index (χ0v) is 9.10. The fourth-order valence-corrected chi connectivity index (χ4v) is 1.07. The number of hydrogen-bond acceptors (Lipinski definition) is 4. The number of aliphatic carboxylic acids is 1. The van der Waals surface area contributed by atoms with Crippen molar-refractivity contribution >= 4 is 17.8 Å². The van der Waals surface area contributed by atoms with Gasteiger partial charge in [-0.1, -0.05) is 0 Å². The first-order valence-corrected chi connectivity index (χ1v) is 4.89. The van der Waals surface area contributed by atoms with Gasteiger partial charge in [-0.05, 0) is 13.3 Å². The van der Waals surface area contributed by atoms with Gasteiger partial charge in [-0.15, -0.1) is 0 Å². The maximum absolute atomic E-state index is 11.3. The Labute approximate surface area is 93.2 Å². The van der Waals surface area contributed by atoms with E-state index in [4.69, 9.17) is 16.6 Å². The number of hydrogen-bond donors (Lipinski definition) is 4. The van der Waals surface area contributed by atoms with E-state index in [1.165, 1.54) is 0 Å². The summed E-state index contributed by atoms with van der Waals surface area (Å²) in [6.45, 7) is 1.66. The molecule has 0 saturated carbocycles. The quantitative estimate of drug-likeness (QED) is 0.425. The molecule has 6 N–H and O–H groups in total. The second-order valence-corrected chi connectivity index (χ2v) is 3.62. The number of nitrogens with one attached hydrogen (secondary N) is 1. The van der Waals surface area contributed by atoms with Gasteiger partial charge in [-0.3, -0.25) is 14.4 Å². The van der Waals surface area contributed by atoms with Gasteiger partial charge in [0.05, 0.1) is 12.5 Å². The molecule has 0 aliphatic rings. The molecule has 0 rings (SSSR count). The summed E-state index contributed by atoms with van der Waals surface area (Å²) in [7, 11) is 0. The van der Waals surface area contributed by atoms with E-state index < -0.39 is 23.8 Å². The Morgan fingerprint density at radius 3 is 2.38 bits per heavy atom. The highest BCUT2D eigenvalue weighted by Crippen LogP contribution is 1.97. The molecule has 0 unspecified atom stereocenters.